The average molecular weight is 398 g/mol. The molecule has 0 unspecified atom stereocenters. The highest BCUT2D eigenvalue weighted by atomic mass is 79.9. The van der Waals surface area contributed by atoms with Crippen molar-refractivity contribution in [3.8, 4) is 5.88 Å². The Morgan fingerprint density at radius 2 is 1.88 bits per heavy atom. The van der Waals surface area contributed by atoms with Crippen LogP contribution in [0.2, 0.25) is 0 Å². The van der Waals surface area contributed by atoms with E-state index in [1.807, 2.05) is 60.8 Å². The number of aromatic nitrogens is 1. The molecule has 3 aromatic rings. The smallest absolute Gasteiger partial charge is 0.231 e. The summed E-state index contributed by atoms with van der Waals surface area (Å²) in [6, 6.07) is 15.7. The van der Waals surface area contributed by atoms with E-state index in [2.05, 4.69) is 31.2 Å². The molecule has 0 fully saturated rings. The van der Waals surface area contributed by atoms with Crippen molar-refractivity contribution >= 4 is 61.6 Å². The third-order valence-electron chi connectivity index (χ3n) is 3.57. The third kappa shape index (κ3) is 2.98. The van der Waals surface area contributed by atoms with Gasteiger partial charge in [0.15, 0.2) is 5.13 Å². The van der Waals surface area contributed by atoms with Crippen molar-refractivity contribution in [2.45, 2.75) is 0 Å². The maximum absolute atomic E-state index is 10.1. The van der Waals surface area contributed by atoms with Gasteiger partial charge in [0.25, 0.3) is 0 Å². The number of hydrogen-bond acceptors (Lipinski definition) is 5. The van der Waals surface area contributed by atoms with E-state index in [1.165, 1.54) is 11.3 Å². The molecule has 2 aromatic carbocycles. The number of nitrogens with one attached hydrogen (secondary N) is 1. The minimum absolute atomic E-state index is 0.0184. The van der Waals surface area contributed by atoms with Crippen LogP contribution >= 0.6 is 27.3 Å². The molecule has 4 rings (SSSR count). The van der Waals surface area contributed by atoms with E-state index in [0.717, 1.165) is 27.0 Å². The molecule has 4 nitrogen and oxygen atoms in total. The molecule has 0 radical (unpaired) electrons. The predicted molar refractivity (Wildman–Crippen MR) is 104 cm³/mol. The molecule has 118 valence electrons. The number of anilines is 2. The number of thiazole rings is 1. The van der Waals surface area contributed by atoms with Gasteiger partial charge in [-0.15, -0.1) is 0 Å². The first-order chi connectivity index (χ1) is 11.7. The van der Waals surface area contributed by atoms with Crippen molar-refractivity contribution in [3.63, 3.8) is 0 Å². The lowest BCUT2D eigenvalue weighted by molar-refractivity contribution is 0.457. The maximum Gasteiger partial charge on any atom is 0.231 e. The lowest BCUT2D eigenvalue weighted by Crippen LogP contribution is -1.87. The molecule has 0 saturated carbocycles. The SMILES string of the molecule is Oc1nc(Nc2ccc(Br)cc2)sc1C=C1C=Nc2ccccc21. The summed E-state index contributed by atoms with van der Waals surface area (Å²) in [4.78, 5) is 9.27. The monoisotopic (exact) mass is 397 g/mol. The first kappa shape index (κ1) is 15.1. The second-order valence-corrected chi connectivity index (χ2v) is 7.16. The maximum atomic E-state index is 10.1. The fraction of sp³-hybridized carbons (Fsp3) is 0. The Kier molecular flexibility index (Phi) is 3.92. The largest absolute Gasteiger partial charge is 0.492 e. The summed E-state index contributed by atoms with van der Waals surface area (Å²) in [6.07, 6.45) is 3.72. The van der Waals surface area contributed by atoms with Crippen LogP contribution in [0.1, 0.15) is 10.4 Å². The molecule has 24 heavy (non-hydrogen) atoms. The lowest BCUT2D eigenvalue weighted by Gasteiger charge is -2.01. The molecular formula is C18H12BrN3OS. The standard InChI is InChI=1S/C18H12BrN3OS/c19-12-5-7-13(8-6-12)21-18-22-17(23)16(24-18)9-11-10-20-15-4-2-1-3-14(11)15/h1-10,23H,(H,21,22). The molecule has 1 aliphatic rings. The van der Waals surface area contributed by atoms with E-state index < -0.39 is 0 Å². The Morgan fingerprint density at radius 3 is 2.71 bits per heavy atom. The Labute approximate surface area is 151 Å². The van der Waals surface area contributed by atoms with Crippen molar-refractivity contribution in [2.24, 2.45) is 4.99 Å². The number of hydrogen-bond donors (Lipinski definition) is 2. The second kappa shape index (κ2) is 6.22. The first-order valence-electron chi connectivity index (χ1n) is 7.26. The molecule has 0 spiro atoms. The Balaban J connectivity index is 1.62. The molecule has 0 amide bonds. The minimum atomic E-state index is 0.0184. The van der Waals surface area contributed by atoms with Crippen LogP contribution in [0.15, 0.2) is 58.0 Å². The quantitative estimate of drug-likeness (QED) is 0.603. The molecule has 2 N–H and O–H groups in total. The summed E-state index contributed by atoms with van der Waals surface area (Å²) in [5.74, 6) is 0.0184. The number of rotatable bonds is 3. The van der Waals surface area contributed by atoms with E-state index in [-0.39, 0.29) is 5.88 Å². The first-order valence-corrected chi connectivity index (χ1v) is 8.87. The van der Waals surface area contributed by atoms with Gasteiger partial charge in [-0.1, -0.05) is 45.5 Å². The zero-order chi connectivity index (χ0) is 16.5. The Bertz CT molecular complexity index is 961. The van der Waals surface area contributed by atoms with E-state index in [0.29, 0.717) is 10.0 Å². The van der Waals surface area contributed by atoms with Crippen LogP contribution in [-0.4, -0.2) is 16.3 Å². The molecule has 1 aromatic heterocycles. The minimum Gasteiger partial charge on any atom is -0.492 e. The number of benzene rings is 2. The molecule has 2 heterocycles. The van der Waals surface area contributed by atoms with Crippen LogP contribution in [0, 0.1) is 0 Å². The van der Waals surface area contributed by atoms with E-state index in [4.69, 9.17) is 0 Å². The van der Waals surface area contributed by atoms with Gasteiger partial charge in [-0.2, -0.15) is 4.98 Å². The normalized spacial score (nSPS) is 14.1. The van der Waals surface area contributed by atoms with Gasteiger partial charge in [0.2, 0.25) is 5.88 Å². The number of aliphatic imine (C=N–C) groups is 1. The van der Waals surface area contributed by atoms with Crippen LogP contribution < -0.4 is 5.32 Å². The summed E-state index contributed by atoms with van der Waals surface area (Å²) >= 11 is 4.81. The average Bonchev–Trinajstić information content (AvgIpc) is 3.14. The fourth-order valence-corrected chi connectivity index (χ4v) is 3.52. The van der Waals surface area contributed by atoms with Gasteiger partial charge >= 0.3 is 0 Å². The highest BCUT2D eigenvalue weighted by Gasteiger charge is 2.14. The predicted octanol–water partition coefficient (Wildman–Crippen LogP) is 5.61. The number of aromatic hydroxyl groups is 1. The van der Waals surface area contributed by atoms with E-state index in [9.17, 15) is 5.11 Å². The van der Waals surface area contributed by atoms with Gasteiger partial charge in [0, 0.05) is 27.5 Å². The van der Waals surface area contributed by atoms with E-state index >= 15 is 0 Å². The van der Waals surface area contributed by atoms with Crippen LogP contribution in [0.3, 0.4) is 0 Å². The molecule has 0 atom stereocenters. The van der Waals surface area contributed by atoms with Crippen LogP contribution in [0.25, 0.3) is 11.6 Å². The molecule has 0 saturated heterocycles. The van der Waals surface area contributed by atoms with E-state index in [1.54, 1.807) is 0 Å². The number of fused-ring (bicyclic) bond motifs is 1. The van der Waals surface area contributed by atoms with Crippen molar-refractivity contribution in [1.29, 1.82) is 0 Å². The number of para-hydroxylation sites is 1. The number of allylic oxidation sites excluding steroid dienone is 1. The summed E-state index contributed by atoms with van der Waals surface area (Å²) in [6.45, 7) is 0. The van der Waals surface area contributed by atoms with Crippen LogP contribution in [0.5, 0.6) is 5.88 Å². The molecular weight excluding hydrogens is 386 g/mol. The van der Waals surface area contributed by atoms with Crippen LogP contribution in [0.4, 0.5) is 16.5 Å². The molecule has 0 bridgehead atoms. The lowest BCUT2D eigenvalue weighted by atomic mass is 10.1. The van der Waals surface area contributed by atoms with Crippen molar-refractivity contribution in [3.05, 3.63) is 63.4 Å². The summed E-state index contributed by atoms with van der Waals surface area (Å²) in [5.41, 5.74) is 3.90. The third-order valence-corrected chi connectivity index (χ3v) is 5.01. The Hall–Kier alpha value is -2.44. The van der Waals surface area contributed by atoms with Gasteiger partial charge in [-0.3, -0.25) is 4.99 Å². The fourth-order valence-electron chi connectivity index (χ4n) is 2.42. The van der Waals surface area contributed by atoms with Gasteiger partial charge in [0.1, 0.15) is 0 Å². The Morgan fingerprint density at radius 1 is 1.08 bits per heavy atom. The van der Waals surface area contributed by atoms with Gasteiger partial charge in [-0.05, 0) is 36.4 Å². The van der Waals surface area contributed by atoms with Crippen molar-refractivity contribution < 1.29 is 5.11 Å². The van der Waals surface area contributed by atoms with Gasteiger partial charge in [-0.25, -0.2) is 0 Å². The second-order valence-electron chi connectivity index (χ2n) is 5.21. The summed E-state index contributed by atoms with van der Waals surface area (Å²) in [5, 5.41) is 14.0. The number of halogens is 1. The van der Waals surface area contributed by atoms with Gasteiger partial charge in [0.05, 0.1) is 10.6 Å². The topological polar surface area (TPSA) is 57.5 Å². The van der Waals surface area contributed by atoms with Crippen LogP contribution in [-0.2, 0) is 0 Å². The summed E-state index contributed by atoms with van der Waals surface area (Å²) in [7, 11) is 0. The zero-order valence-corrected chi connectivity index (χ0v) is 14.8. The van der Waals surface area contributed by atoms with Gasteiger partial charge < -0.3 is 10.4 Å². The highest BCUT2D eigenvalue weighted by Crippen LogP contribution is 2.37. The van der Waals surface area contributed by atoms with Crippen molar-refractivity contribution in [1.82, 2.24) is 4.98 Å². The highest BCUT2D eigenvalue weighted by molar-refractivity contribution is 9.10. The molecule has 6 heteroatoms. The summed E-state index contributed by atoms with van der Waals surface area (Å²) < 4.78 is 1.01. The van der Waals surface area contributed by atoms with Crippen molar-refractivity contribution in [2.75, 3.05) is 5.32 Å². The molecule has 0 aliphatic carbocycles. The molecule has 1 aliphatic heterocycles. The number of nitrogens with zero attached hydrogens (tertiary/aromatic N) is 2. The zero-order valence-electron chi connectivity index (χ0n) is 12.4.